The molecule has 0 aliphatic carbocycles. The molecular weight excluding hydrogens is 390 g/mol. The van der Waals surface area contributed by atoms with Crippen LogP contribution in [-0.4, -0.2) is 77.6 Å². The smallest absolute Gasteiger partial charge is 0.408 e. The predicted octanol–water partition coefficient (Wildman–Crippen LogP) is 1.69. The molecule has 170 valence electrons. The molecule has 0 radical (unpaired) electrons. The molecular formula is C21H35N3O6. The fourth-order valence-electron chi connectivity index (χ4n) is 3.96. The fraction of sp³-hybridized carbons (Fsp3) is 0.810. The first-order valence-corrected chi connectivity index (χ1v) is 10.4. The van der Waals surface area contributed by atoms with Crippen LogP contribution in [-0.2, 0) is 23.9 Å². The Morgan fingerprint density at radius 1 is 1.03 bits per heavy atom. The summed E-state index contributed by atoms with van der Waals surface area (Å²) in [7, 11) is 1.30. The third-order valence-electron chi connectivity index (χ3n) is 5.28. The van der Waals surface area contributed by atoms with E-state index in [1.807, 2.05) is 20.8 Å². The van der Waals surface area contributed by atoms with E-state index in [0.717, 1.165) is 0 Å². The summed E-state index contributed by atoms with van der Waals surface area (Å²) in [5.41, 5.74) is -1.36. The van der Waals surface area contributed by atoms with E-state index in [1.165, 1.54) is 12.0 Å². The molecule has 0 aromatic carbocycles. The highest BCUT2D eigenvalue weighted by molar-refractivity contribution is 5.91. The first kappa shape index (κ1) is 24.0. The summed E-state index contributed by atoms with van der Waals surface area (Å²) in [5, 5.41) is 2.62. The van der Waals surface area contributed by atoms with Gasteiger partial charge in [-0.15, -0.1) is 0 Å². The second-order valence-corrected chi connectivity index (χ2v) is 10.0. The van der Waals surface area contributed by atoms with E-state index < -0.39 is 41.1 Å². The summed E-state index contributed by atoms with van der Waals surface area (Å²) < 4.78 is 10.2. The van der Waals surface area contributed by atoms with Crippen LogP contribution in [0.15, 0.2) is 0 Å². The highest BCUT2D eigenvalue weighted by Crippen LogP contribution is 2.31. The summed E-state index contributed by atoms with van der Waals surface area (Å²) in [6.45, 7) is 11.1. The van der Waals surface area contributed by atoms with Crippen LogP contribution in [0.25, 0.3) is 0 Å². The van der Waals surface area contributed by atoms with E-state index >= 15 is 0 Å². The van der Waals surface area contributed by atoms with E-state index in [9.17, 15) is 19.2 Å². The van der Waals surface area contributed by atoms with Gasteiger partial charge in [0.2, 0.25) is 11.8 Å². The number of ether oxygens (including phenoxy) is 2. The van der Waals surface area contributed by atoms with Gasteiger partial charge in [0, 0.05) is 18.0 Å². The van der Waals surface area contributed by atoms with Crippen LogP contribution in [0.5, 0.6) is 0 Å². The Hall–Kier alpha value is -2.32. The number of nitrogens with one attached hydrogen (secondary N) is 1. The number of methoxy groups -OCH3 is 1. The van der Waals surface area contributed by atoms with Crippen molar-refractivity contribution in [2.24, 2.45) is 5.41 Å². The van der Waals surface area contributed by atoms with Crippen LogP contribution in [0.2, 0.25) is 0 Å². The molecule has 9 heteroatoms. The van der Waals surface area contributed by atoms with Gasteiger partial charge in [0.25, 0.3) is 0 Å². The second-order valence-electron chi connectivity index (χ2n) is 10.0. The predicted molar refractivity (Wildman–Crippen MR) is 109 cm³/mol. The summed E-state index contributed by atoms with van der Waals surface area (Å²) in [6, 6.07) is -1.89. The van der Waals surface area contributed by atoms with Crippen molar-refractivity contribution in [3.05, 3.63) is 0 Å². The van der Waals surface area contributed by atoms with Gasteiger partial charge in [0.1, 0.15) is 17.7 Å². The standard InChI is InChI=1S/C21H35N3O6/c1-20(2,3)18(27)23-11-10-13-8-9-15(17(26)29-7)24(13)16(25)14(12-23)22-19(28)30-21(4,5)6/h13-15H,8-12H2,1-7H3,(H,22,28)/t13-,14+,15+/m1/s1. The Morgan fingerprint density at radius 2 is 1.67 bits per heavy atom. The number of carbonyl (C=O) groups is 4. The van der Waals surface area contributed by atoms with Gasteiger partial charge in [-0.05, 0) is 40.0 Å². The Labute approximate surface area is 178 Å². The van der Waals surface area contributed by atoms with Gasteiger partial charge < -0.3 is 24.6 Å². The maximum atomic E-state index is 13.4. The number of fused-ring (bicyclic) bond motifs is 1. The average Bonchev–Trinajstić information content (AvgIpc) is 3.02. The van der Waals surface area contributed by atoms with E-state index in [-0.39, 0.29) is 18.5 Å². The molecule has 2 saturated heterocycles. The van der Waals surface area contributed by atoms with Gasteiger partial charge in [-0.25, -0.2) is 9.59 Å². The van der Waals surface area contributed by atoms with Gasteiger partial charge in [-0.1, -0.05) is 20.8 Å². The summed E-state index contributed by atoms with van der Waals surface area (Å²) in [5.74, 6) is -0.961. The molecule has 2 aliphatic heterocycles. The van der Waals surface area contributed by atoms with Crippen molar-refractivity contribution in [3.63, 3.8) is 0 Å². The van der Waals surface area contributed by atoms with Crippen molar-refractivity contribution in [3.8, 4) is 0 Å². The molecule has 2 rings (SSSR count). The summed E-state index contributed by atoms with van der Waals surface area (Å²) in [6.07, 6.45) is 0.965. The minimum Gasteiger partial charge on any atom is -0.467 e. The number of hydrogen-bond donors (Lipinski definition) is 1. The Kier molecular flexibility index (Phi) is 7.04. The molecule has 3 atom stereocenters. The normalized spacial score (nSPS) is 25.2. The number of hydrogen-bond acceptors (Lipinski definition) is 6. The quantitative estimate of drug-likeness (QED) is 0.675. The molecule has 0 unspecified atom stereocenters. The second kappa shape index (κ2) is 8.81. The number of esters is 1. The fourth-order valence-corrected chi connectivity index (χ4v) is 3.96. The molecule has 0 spiro atoms. The molecule has 0 aromatic heterocycles. The maximum Gasteiger partial charge on any atom is 0.408 e. The number of carbonyl (C=O) groups excluding carboxylic acids is 4. The summed E-state index contributed by atoms with van der Waals surface area (Å²) in [4.78, 5) is 54.2. The molecule has 2 aliphatic rings. The number of nitrogens with zero attached hydrogens (tertiary/aromatic N) is 2. The van der Waals surface area contributed by atoms with Gasteiger partial charge in [-0.3, -0.25) is 9.59 Å². The molecule has 2 heterocycles. The lowest BCUT2D eigenvalue weighted by Gasteiger charge is -2.40. The van der Waals surface area contributed by atoms with Gasteiger partial charge >= 0.3 is 12.1 Å². The first-order chi connectivity index (χ1) is 13.7. The molecule has 3 amide bonds. The molecule has 2 fully saturated rings. The zero-order chi connectivity index (χ0) is 22.9. The minimum atomic E-state index is -1.01. The number of rotatable bonds is 2. The molecule has 9 nitrogen and oxygen atoms in total. The molecule has 30 heavy (non-hydrogen) atoms. The number of alkyl carbamates (subject to hydrolysis) is 1. The largest absolute Gasteiger partial charge is 0.467 e. The molecule has 0 aromatic rings. The third kappa shape index (κ3) is 5.64. The average molecular weight is 426 g/mol. The van der Waals surface area contributed by atoms with Crippen LogP contribution in [0, 0.1) is 5.41 Å². The zero-order valence-corrected chi connectivity index (χ0v) is 19.1. The lowest BCUT2D eigenvalue weighted by Crippen LogP contribution is -2.61. The van der Waals surface area contributed by atoms with Crippen molar-refractivity contribution in [1.29, 1.82) is 0 Å². The van der Waals surface area contributed by atoms with Crippen molar-refractivity contribution >= 4 is 23.9 Å². The Morgan fingerprint density at radius 3 is 2.20 bits per heavy atom. The van der Waals surface area contributed by atoms with Crippen LogP contribution in [0.3, 0.4) is 0 Å². The number of amides is 3. The van der Waals surface area contributed by atoms with Gasteiger partial charge in [0.15, 0.2) is 0 Å². The lowest BCUT2D eigenvalue weighted by molar-refractivity contribution is -0.155. The van der Waals surface area contributed by atoms with E-state index in [4.69, 9.17) is 9.47 Å². The van der Waals surface area contributed by atoms with Gasteiger partial charge in [0.05, 0.1) is 13.7 Å². The summed E-state index contributed by atoms with van der Waals surface area (Å²) >= 11 is 0. The third-order valence-corrected chi connectivity index (χ3v) is 5.28. The molecule has 0 bridgehead atoms. The van der Waals surface area contributed by atoms with E-state index in [1.54, 1.807) is 25.7 Å². The van der Waals surface area contributed by atoms with Crippen molar-refractivity contribution in [1.82, 2.24) is 15.1 Å². The molecule has 0 saturated carbocycles. The highest BCUT2D eigenvalue weighted by Gasteiger charge is 2.46. The monoisotopic (exact) mass is 425 g/mol. The van der Waals surface area contributed by atoms with Crippen LogP contribution < -0.4 is 5.32 Å². The van der Waals surface area contributed by atoms with Crippen molar-refractivity contribution < 1.29 is 28.7 Å². The van der Waals surface area contributed by atoms with Crippen LogP contribution in [0.1, 0.15) is 60.8 Å². The zero-order valence-electron chi connectivity index (χ0n) is 19.1. The Bertz CT molecular complexity index is 694. The van der Waals surface area contributed by atoms with E-state index in [2.05, 4.69) is 5.32 Å². The Balaban J connectivity index is 2.33. The first-order valence-electron chi connectivity index (χ1n) is 10.4. The van der Waals surface area contributed by atoms with Gasteiger partial charge in [-0.2, -0.15) is 0 Å². The van der Waals surface area contributed by atoms with E-state index in [0.29, 0.717) is 25.8 Å². The SMILES string of the molecule is COC(=O)[C@@H]1CC[C@@H]2CCN(C(=O)C(C)(C)C)C[C@H](NC(=O)OC(C)(C)C)C(=O)N21. The van der Waals surface area contributed by atoms with Crippen LogP contribution in [0.4, 0.5) is 4.79 Å². The van der Waals surface area contributed by atoms with Crippen LogP contribution >= 0.6 is 0 Å². The lowest BCUT2D eigenvalue weighted by atomic mass is 9.93. The highest BCUT2D eigenvalue weighted by atomic mass is 16.6. The van der Waals surface area contributed by atoms with Crippen molar-refractivity contribution in [2.45, 2.75) is 84.5 Å². The minimum absolute atomic E-state index is 0.0191. The topological polar surface area (TPSA) is 105 Å². The maximum absolute atomic E-state index is 13.4. The van der Waals surface area contributed by atoms with Crippen molar-refractivity contribution in [2.75, 3.05) is 20.2 Å². The molecule has 1 N–H and O–H groups in total.